The van der Waals surface area contributed by atoms with Crippen LogP contribution in [-0.4, -0.2) is 191 Å². The molecule has 2 fully saturated rings. The van der Waals surface area contributed by atoms with Gasteiger partial charge in [-0.1, -0.05) is 166 Å². The number of nitrogens with two attached hydrogens (primary N) is 1. The Balaban J connectivity index is -0.00000149. The average molecular weight is 1500 g/mol. The number of rotatable bonds is 33. The number of hydrogen-bond donors (Lipinski definition) is 14. The number of aliphatic hydroxyl groups excluding tert-OH is 1. The summed E-state index contributed by atoms with van der Waals surface area (Å²) in [5, 5.41) is 43.2. The number of carbonyl (C=O) groups excluding carboxylic acids is 14. The van der Waals surface area contributed by atoms with E-state index in [-0.39, 0.29) is 78.9 Å². The Kier molecular flexibility index (Phi) is 37.8. The van der Waals surface area contributed by atoms with Crippen molar-refractivity contribution in [1.29, 1.82) is 0 Å². The van der Waals surface area contributed by atoms with Crippen LogP contribution in [0, 0.1) is 47.3 Å². The zero-order chi connectivity index (χ0) is 79.4. The van der Waals surface area contributed by atoms with Crippen LogP contribution in [0.1, 0.15) is 211 Å². The third kappa shape index (κ3) is 27.7. The molecule has 0 spiro atoms. The van der Waals surface area contributed by atoms with Gasteiger partial charge >= 0.3 is 5.97 Å². The quantitative estimate of drug-likeness (QED) is 0.0339. The predicted molar refractivity (Wildman–Crippen MR) is 419 cm³/mol. The van der Waals surface area contributed by atoms with Gasteiger partial charge in [0.05, 0.1) is 6.10 Å². The van der Waals surface area contributed by atoms with Crippen molar-refractivity contribution in [3.8, 4) is 0 Å². The van der Waals surface area contributed by atoms with Gasteiger partial charge in [0.25, 0.3) is 5.91 Å². The molecule has 612 valence electrons. The Morgan fingerprint density at radius 3 is 1.70 bits per heavy atom. The number of nitrogens with one attached hydrogen (secondary N) is 12. The minimum atomic E-state index is -1.83. The number of nitrogens with zero attached hydrogens (tertiary/aromatic N) is 1. The van der Waals surface area contributed by atoms with Gasteiger partial charge in [-0.15, -0.1) is 0 Å². The first-order valence-electron chi connectivity index (χ1n) is 37.5. The smallest absolute Gasteiger partial charge is 0.329 e. The van der Waals surface area contributed by atoms with Crippen molar-refractivity contribution >= 4 is 82.8 Å². The van der Waals surface area contributed by atoms with E-state index in [1.807, 2.05) is 13.8 Å². The largest absolute Gasteiger partial charge is 0.458 e. The minimum absolute atomic E-state index is 0. The number of benzene rings is 1. The molecule has 3 rings (SSSR count). The first-order valence-corrected chi connectivity index (χ1v) is 37.5. The van der Waals surface area contributed by atoms with Gasteiger partial charge in [0.15, 0.2) is 0 Å². The van der Waals surface area contributed by atoms with Crippen molar-refractivity contribution < 1.29 is 92.7 Å². The fourth-order valence-corrected chi connectivity index (χ4v) is 12.1. The van der Waals surface area contributed by atoms with Crippen LogP contribution in [0.2, 0.25) is 0 Å². The average Bonchev–Trinajstić information content (AvgIpc) is 1.53. The lowest BCUT2D eigenvalue weighted by Crippen LogP contribution is -2.64. The molecule has 0 saturated carbocycles. The fraction of sp³-hybridized carbons (Fsp3) is 0.707. The molecule has 0 bridgehead atoms. The second kappa shape index (κ2) is 43.8. The number of allylic oxidation sites excluding steroid dienone is 1. The second-order valence-corrected chi connectivity index (χ2v) is 30.2. The molecule has 0 radical (unpaired) electrons. The van der Waals surface area contributed by atoms with Crippen LogP contribution in [0.25, 0.3) is 0 Å². The van der Waals surface area contributed by atoms with E-state index < -0.39 is 203 Å². The number of ether oxygens (including phenoxy) is 1. The molecular formula is C75H146N14O16. The summed E-state index contributed by atoms with van der Waals surface area (Å²) < 4.78 is 5.96. The van der Waals surface area contributed by atoms with Gasteiger partial charge in [-0.3, -0.25) is 62.3 Å². The maximum absolute atomic E-state index is 15.0. The summed E-state index contributed by atoms with van der Waals surface area (Å²) in [4.78, 5) is 202. The lowest BCUT2D eigenvalue weighted by Gasteiger charge is -2.33. The van der Waals surface area contributed by atoms with Crippen LogP contribution >= 0.6 is 0 Å². The summed E-state index contributed by atoms with van der Waals surface area (Å²) in [5.41, 5.74) is 6.34. The summed E-state index contributed by atoms with van der Waals surface area (Å²) in [6.45, 7) is 31.8. The topological polar surface area (TPSA) is 442 Å². The predicted octanol–water partition coefficient (Wildman–Crippen LogP) is 4.54. The van der Waals surface area contributed by atoms with Crippen molar-refractivity contribution in [2.24, 2.45) is 53.1 Å². The Morgan fingerprint density at radius 2 is 1.16 bits per heavy atom. The number of esters is 1. The molecule has 30 heteroatoms. The van der Waals surface area contributed by atoms with Crippen LogP contribution in [0.3, 0.4) is 0 Å². The number of hydrogen-bond acceptors (Lipinski definition) is 17. The van der Waals surface area contributed by atoms with Gasteiger partial charge in [0, 0.05) is 35.1 Å². The molecule has 4 unspecified atom stereocenters. The van der Waals surface area contributed by atoms with E-state index in [0.717, 1.165) is 6.42 Å². The summed E-state index contributed by atoms with van der Waals surface area (Å²) in [6, 6.07) is -7.67. The van der Waals surface area contributed by atoms with E-state index >= 15 is 9.59 Å². The van der Waals surface area contributed by atoms with Gasteiger partial charge in [0.2, 0.25) is 70.9 Å². The maximum atomic E-state index is 15.0. The molecule has 1 aromatic carbocycles. The van der Waals surface area contributed by atoms with E-state index in [9.17, 15) is 62.6 Å². The van der Waals surface area contributed by atoms with Crippen molar-refractivity contribution in [2.75, 3.05) is 13.1 Å². The van der Waals surface area contributed by atoms with Crippen LogP contribution in [0.5, 0.6) is 0 Å². The highest BCUT2D eigenvalue weighted by molar-refractivity contribution is 6.03. The van der Waals surface area contributed by atoms with Crippen molar-refractivity contribution in [2.45, 2.75) is 280 Å². The normalized spacial score (nSPS) is 22.6. The van der Waals surface area contributed by atoms with Crippen LogP contribution < -0.4 is 69.5 Å². The molecule has 2 aliphatic heterocycles. The Hall–Kier alpha value is -8.54. The zero-order valence-corrected chi connectivity index (χ0v) is 65.2. The SMILES string of the molecule is C/C=C1\NC(=O)[C@H](Cc2ccccc2)NC(=O)[C@@H](C(C)C)NC(=O)[C@@H](C(C)CC)NC(=O)[C@H](NC(=O)[C@H](NC(=O)[C@H](CCCN)NC(=O)[C@H]2CCCN2C(=O)[C@H](NC(=O)[C@@H](NC(=O)[C@@H](NC(=O)[C@H](NC(=O)CCCC(C)C)C(C)C)C(C)O)C(C)C)C(C)C)C(C)CC)C(C)OC(=O)[C@H](C(C)C)NC1=O.[HH].[HH].[HH].[HH].[HH].[HH].[HH].[HH].[HH].[HH].[HH]. The molecule has 13 amide bonds. The number of aliphatic hydroxyl groups is 1. The first-order chi connectivity index (χ1) is 49.2. The number of likely N-dealkylation sites (tertiary alicyclic amines) is 1. The van der Waals surface area contributed by atoms with E-state index in [4.69, 9.17) is 10.5 Å². The zero-order valence-electron chi connectivity index (χ0n) is 65.2. The van der Waals surface area contributed by atoms with Gasteiger partial charge in [0.1, 0.15) is 84.3 Å². The molecule has 2 saturated heterocycles. The van der Waals surface area contributed by atoms with Crippen molar-refractivity contribution in [3.63, 3.8) is 0 Å². The summed E-state index contributed by atoms with van der Waals surface area (Å²) in [5.74, 6) is -15.1. The number of carbonyl (C=O) groups is 14. The van der Waals surface area contributed by atoms with Gasteiger partial charge in [-0.05, 0) is 112 Å². The highest BCUT2D eigenvalue weighted by Crippen LogP contribution is 2.23. The van der Waals surface area contributed by atoms with Crippen molar-refractivity contribution in [1.82, 2.24) is 68.7 Å². The van der Waals surface area contributed by atoms with E-state index in [2.05, 4.69) is 63.8 Å². The summed E-state index contributed by atoms with van der Waals surface area (Å²) in [6.07, 6.45) is 1.02. The van der Waals surface area contributed by atoms with Gasteiger partial charge < -0.3 is 84.3 Å². The molecule has 1 aromatic rings. The maximum Gasteiger partial charge on any atom is 0.329 e. The molecule has 0 aliphatic carbocycles. The molecule has 105 heavy (non-hydrogen) atoms. The van der Waals surface area contributed by atoms with Gasteiger partial charge in [-0.25, -0.2) is 4.79 Å². The fourth-order valence-electron chi connectivity index (χ4n) is 12.1. The monoisotopic (exact) mass is 1500 g/mol. The lowest BCUT2D eigenvalue weighted by atomic mass is 9.95. The third-order valence-corrected chi connectivity index (χ3v) is 19.3. The van der Waals surface area contributed by atoms with Crippen molar-refractivity contribution in [3.05, 3.63) is 47.7 Å². The van der Waals surface area contributed by atoms with Crippen LogP contribution in [0.15, 0.2) is 42.1 Å². The van der Waals surface area contributed by atoms with Crippen LogP contribution in [0.4, 0.5) is 0 Å². The molecule has 15 N–H and O–H groups in total. The van der Waals surface area contributed by atoms with E-state index in [1.165, 1.54) is 31.7 Å². The van der Waals surface area contributed by atoms with E-state index in [0.29, 0.717) is 30.7 Å². The molecule has 16 atom stereocenters. The lowest BCUT2D eigenvalue weighted by molar-refractivity contribution is -0.157. The molecule has 2 aliphatic rings. The van der Waals surface area contributed by atoms with Crippen LogP contribution in [-0.2, 0) is 78.3 Å². The minimum Gasteiger partial charge on any atom is -0.458 e. The third-order valence-electron chi connectivity index (χ3n) is 19.3. The van der Waals surface area contributed by atoms with Gasteiger partial charge in [-0.2, -0.15) is 0 Å². The summed E-state index contributed by atoms with van der Waals surface area (Å²) in [7, 11) is 0. The first kappa shape index (κ1) is 90.7. The molecule has 2 heterocycles. The van der Waals surface area contributed by atoms with E-state index in [1.54, 1.807) is 127 Å². The molecule has 30 nitrogen and oxygen atoms in total. The second-order valence-electron chi connectivity index (χ2n) is 30.2. The Labute approximate surface area is 636 Å². The Bertz CT molecular complexity index is 3210. The molecular weight excluding hydrogens is 1350 g/mol. The highest BCUT2D eigenvalue weighted by Gasteiger charge is 2.44. The Morgan fingerprint density at radius 1 is 0.619 bits per heavy atom. The summed E-state index contributed by atoms with van der Waals surface area (Å²) >= 11 is 0. The highest BCUT2D eigenvalue weighted by atomic mass is 16.5. The number of amides is 13. The standard InChI is InChI=1S/C75H124N14O16.11H2/c1-20-44(16)59(71(100)88-62-47(19)105-75(104)58(43(14)15)84-63(92)49(22-3)77-65(94)51(37-48-30-24-23-25-31-48)79-67(96)55(40(8)9)81-70(99)60(45(17)21-2)86-73(62)102)85-64(93)50(32-27-35-76)78-66(95)52-33-28-36-89(52)74(103)57(42(12)13)83-69(98)56(41(10)11)82-72(101)61(46(18)90)87-68(97)54(39(6)7)80-53(91)34-26-29-38(4)5;;;;;;;;;;;/h22-25,30-31,38-47,50-52,54-62,90H,20-21,26-29,32-37,76H2,1-19H3,(H,77,94)(H,78,95)(H,79,96)(H,80,91)(H,81,99)(H,82,101)(H,83,98)(H,84,92)(H,85,93)(H,86,102)(H,87,97)(H,88,100);11*1H/b49-22-;;;;;;;;;;;/t44?,45?,46?,47?,50-,51-,52+,54+,55+,56-,57+,58-,59+,60+,61-,62+;;;;;;;;;;;/m0.........../s1. The number of cyclic esters (lactones) is 1. The molecule has 0 aromatic heterocycles.